The Morgan fingerprint density at radius 2 is 1.86 bits per heavy atom. The van der Waals surface area contributed by atoms with Gasteiger partial charge in [0.05, 0.1) is 12.7 Å². The summed E-state index contributed by atoms with van der Waals surface area (Å²) in [7, 11) is 1.63. The average molecular weight is 394 g/mol. The van der Waals surface area contributed by atoms with Crippen LogP contribution < -0.4 is 14.5 Å². The maximum absolute atomic E-state index is 13.6. The molecule has 3 atom stereocenters. The first-order valence-corrected chi connectivity index (χ1v) is 10.7. The fourth-order valence-electron chi connectivity index (χ4n) is 4.98. The molecule has 0 saturated carbocycles. The van der Waals surface area contributed by atoms with Crippen LogP contribution in [0.3, 0.4) is 0 Å². The summed E-state index contributed by atoms with van der Waals surface area (Å²) in [6, 6.07) is 4.74. The second kappa shape index (κ2) is 9.23. The number of piperazine rings is 1. The fourth-order valence-corrected chi connectivity index (χ4v) is 4.98. The monoisotopic (exact) mass is 393 g/mol. The Kier molecular flexibility index (Phi) is 6.94. The quantitative estimate of drug-likeness (QED) is 0.740. The molecule has 2 aliphatic heterocycles. The zero-order valence-corrected chi connectivity index (χ0v) is 17.8. The van der Waals surface area contributed by atoms with Crippen molar-refractivity contribution in [2.24, 2.45) is 11.8 Å². The lowest BCUT2D eigenvalue weighted by atomic mass is 9.91. The molecule has 6 heteroatoms. The first-order valence-electron chi connectivity index (χ1n) is 10.7. The SMILES string of the molecule is COc1ccc(F)cc1C[NH+]1CC[NH+]([C@H](C)C(=O)N2C[C@@H](C)C[C@H](C)C2)CC1. The number of rotatable bonds is 5. The van der Waals surface area contributed by atoms with Gasteiger partial charge in [-0.1, -0.05) is 13.8 Å². The number of methoxy groups -OCH3 is 1. The van der Waals surface area contributed by atoms with Crippen LogP contribution in [0.25, 0.3) is 0 Å². The van der Waals surface area contributed by atoms with Crippen molar-refractivity contribution in [3.8, 4) is 5.75 Å². The number of quaternary nitrogens is 2. The highest BCUT2D eigenvalue weighted by Gasteiger charge is 2.36. The summed E-state index contributed by atoms with van der Waals surface area (Å²) in [5.74, 6) is 2.03. The van der Waals surface area contributed by atoms with Gasteiger partial charge in [-0.2, -0.15) is 0 Å². The van der Waals surface area contributed by atoms with Crippen LogP contribution in [0.2, 0.25) is 0 Å². The average Bonchev–Trinajstić information content (AvgIpc) is 2.67. The molecule has 0 radical (unpaired) electrons. The Morgan fingerprint density at radius 1 is 1.21 bits per heavy atom. The van der Waals surface area contributed by atoms with Gasteiger partial charge in [0.2, 0.25) is 0 Å². The molecular weight excluding hydrogens is 357 g/mol. The van der Waals surface area contributed by atoms with Crippen molar-refractivity contribution in [2.45, 2.75) is 39.8 Å². The van der Waals surface area contributed by atoms with Crippen molar-refractivity contribution >= 4 is 5.91 Å². The predicted octanol–water partition coefficient (Wildman–Crippen LogP) is 0.0107. The molecule has 2 heterocycles. The highest BCUT2D eigenvalue weighted by atomic mass is 19.1. The van der Waals surface area contributed by atoms with Crippen LogP contribution in [-0.4, -0.2) is 63.2 Å². The van der Waals surface area contributed by atoms with Gasteiger partial charge in [-0.15, -0.1) is 0 Å². The third-order valence-electron chi connectivity index (χ3n) is 6.45. The summed E-state index contributed by atoms with van der Waals surface area (Å²) in [6.07, 6.45) is 1.22. The van der Waals surface area contributed by atoms with E-state index >= 15 is 0 Å². The number of likely N-dealkylation sites (tertiary alicyclic amines) is 1. The number of ether oxygens (including phenoxy) is 1. The topological polar surface area (TPSA) is 38.4 Å². The highest BCUT2D eigenvalue weighted by Crippen LogP contribution is 2.21. The van der Waals surface area contributed by atoms with E-state index < -0.39 is 0 Å². The summed E-state index contributed by atoms with van der Waals surface area (Å²) < 4.78 is 19.0. The Hall–Kier alpha value is -1.66. The van der Waals surface area contributed by atoms with E-state index in [9.17, 15) is 9.18 Å². The normalized spacial score (nSPS) is 29.4. The largest absolute Gasteiger partial charge is 0.496 e. The summed E-state index contributed by atoms with van der Waals surface area (Å²) >= 11 is 0. The number of piperidine rings is 1. The lowest BCUT2D eigenvalue weighted by Crippen LogP contribution is -3.29. The van der Waals surface area contributed by atoms with E-state index in [0.29, 0.717) is 17.7 Å². The van der Waals surface area contributed by atoms with Crippen molar-refractivity contribution < 1.29 is 23.7 Å². The molecule has 3 rings (SSSR count). The Balaban J connectivity index is 1.53. The van der Waals surface area contributed by atoms with Gasteiger partial charge in [0.1, 0.15) is 44.3 Å². The summed E-state index contributed by atoms with van der Waals surface area (Å²) in [6.45, 7) is 13.1. The van der Waals surface area contributed by atoms with Crippen LogP contribution in [0, 0.1) is 17.7 Å². The van der Waals surface area contributed by atoms with Gasteiger partial charge < -0.3 is 19.4 Å². The number of carbonyl (C=O) groups is 1. The first-order chi connectivity index (χ1) is 13.4. The van der Waals surface area contributed by atoms with E-state index in [0.717, 1.165) is 57.1 Å². The number of nitrogens with zero attached hydrogens (tertiary/aromatic N) is 1. The molecule has 0 bridgehead atoms. The molecule has 156 valence electrons. The molecule has 2 fully saturated rings. The van der Waals surface area contributed by atoms with Crippen LogP contribution in [0.4, 0.5) is 4.39 Å². The third-order valence-corrected chi connectivity index (χ3v) is 6.45. The lowest BCUT2D eigenvalue weighted by Gasteiger charge is -2.38. The zero-order valence-electron chi connectivity index (χ0n) is 17.8. The molecule has 1 aromatic carbocycles. The smallest absolute Gasteiger partial charge is 0.280 e. The number of halogens is 1. The number of hydrogen-bond acceptors (Lipinski definition) is 2. The van der Waals surface area contributed by atoms with E-state index in [4.69, 9.17) is 4.74 Å². The van der Waals surface area contributed by atoms with Crippen molar-refractivity contribution in [1.29, 1.82) is 0 Å². The third kappa shape index (κ3) is 5.03. The van der Waals surface area contributed by atoms with E-state index in [2.05, 4.69) is 25.7 Å². The van der Waals surface area contributed by atoms with Crippen LogP contribution in [0.1, 0.15) is 32.8 Å². The van der Waals surface area contributed by atoms with E-state index in [-0.39, 0.29) is 11.9 Å². The number of hydrogen-bond donors (Lipinski definition) is 2. The molecule has 2 aliphatic rings. The molecule has 0 aromatic heterocycles. The predicted molar refractivity (Wildman–Crippen MR) is 107 cm³/mol. The fraction of sp³-hybridized carbons (Fsp3) is 0.682. The van der Waals surface area contributed by atoms with Crippen LogP contribution >= 0.6 is 0 Å². The van der Waals surface area contributed by atoms with Gasteiger partial charge in [-0.25, -0.2) is 4.39 Å². The molecule has 5 nitrogen and oxygen atoms in total. The van der Waals surface area contributed by atoms with Crippen LogP contribution in [-0.2, 0) is 11.3 Å². The Morgan fingerprint density at radius 3 is 2.46 bits per heavy atom. The van der Waals surface area contributed by atoms with Crippen molar-refractivity contribution in [2.75, 3.05) is 46.4 Å². The maximum atomic E-state index is 13.6. The number of carbonyl (C=O) groups excluding carboxylic acids is 1. The van der Waals surface area contributed by atoms with Gasteiger partial charge in [0.15, 0.2) is 6.04 Å². The van der Waals surface area contributed by atoms with Gasteiger partial charge >= 0.3 is 0 Å². The lowest BCUT2D eigenvalue weighted by molar-refractivity contribution is -1.02. The van der Waals surface area contributed by atoms with Gasteiger partial charge in [-0.3, -0.25) is 4.79 Å². The minimum absolute atomic E-state index is 0.0164. The van der Waals surface area contributed by atoms with Gasteiger partial charge in [0, 0.05) is 13.1 Å². The summed E-state index contributed by atoms with van der Waals surface area (Å²) in [4.78, 5) is 17.9. The Labute approximate surface area is 168 Å². The molecule has 1 aromatic rings. The first kappa shape index (κ1) is 21.1. The highest BCUT2D eigenvalue weighted by molar-refractivity contribution is 5.80. The van der Waals surface area contributed by atoms with Crippen molar-refractivity contribution in [3.63, 3.8) is 0 Å². The zero-order chi connectivity index (χ0) is 20.3. The number of amides is 1. The summed E-state index contributed by atoms with van der Waals surface area (Å²) in [5.41, 5.74) is 0.918. The molecule has 2 N–H and O–H groups in total. The van der Waals surface area contributed by atoms with E-state index in [1.54, 1.807) is 19.2 Å². The van der Waals surface area contributed by atoms with Crippen molar-refractivity contribution in [1.82, 2.24) is 4.90 Å². The molecule has 0 aliphatic carbocycles. The molecule has 1 amide bonds. The van der Waals surface area contributed by atoms with Gasteiger partial charge in [0.25, 0.3) is 5.91 Å². The van der Waals surface area contributed by atoms with E-state index in [1.807, 2.05) is 0 Å². The van der Waals surface area contributed by atoms with Crippen molar-refractivity contribution in [3.05, 3.63) is 29.6 Å². The molecular formula is C22H36FN3O2+2. The molecule has 0 unspecified atom stereocenters. The van der Waals surface area contributed by atoms with Crippen LogP contribution in [0.5, 0.6) is 5.75 Å². The second-order valence-electron chi connectivity index (χ2n) is 8.95. The Bertz CT molecular complexity index is 666. The number of nitrogens with one attached hydrogen (secondary N) is 2. The minimum Gasteiger partial charge on any atom is -0.496 e. The molecule has 2 saturated heterocycles. The second-order valence-corrected chi connectivity index (χ2v) is 8.95. The maximum Gasteiger partial charge on any atom is 0.280 e. The number of benzene rings is 1. The minimum atomic E-state index is -0.219. The summed E-state index contributed by atoms with van der Waals surface area (Å²) in [5, 5.41) is 0. The van der Waals surface area contributed by atoms with E-state index in [1.165, 1.54) is 22.3 Å². The van der Waals surface area contributed by atoms with Crippen LogP contribution in [0.15, 0.2) is 18.2 Å². The van der Waals surface area contributed by atoms with Gasteiger partial charge in [-0.05, 0) is 43.4 Å². The molecule has 28 heavy (non-hydrogen) atoms. The standard InChI is InChI=1S/C22H34FN3O2/c1-16-11-17(2)14-26(13-16)22(27)18(3)25-9-7-24(8-10-25)15-19-12-20(23)5-6-21(19)28-4/h5-6,12,16-18H,7-11,13-15H2,1-4H3/p+2/t16-,17-,18+/m0/s1. The molecule has 0 spiro atoms.